The molecule has 0 radical (unpaired) electrons. The molecule has 0 spiro atoms. The quantitative estimate of drug-likeness (QED) is 0.313. The lowest BCUT2D eigenvalue weighted by atomic mass is 9.81. The fourth-order valence-electron chi connectivity index (χ4n) is 2.08. The van der Waals surface area contributed by atoms with Crippen LogP contribution in [0.1, 0.15) is 53.4 Å². The zero-order valence-electron chi connectivity index (χ0n) is 15.3. The van der Waals surface area contributed by atoms with E-state index in [9.17, 15) is 24.3 Å². The molecule has 0 heterocycles. The normalized spacial score (nSPS) is 14.1. The van der Waals surface area contributed by atoms with Crippen molar-refractivity contribution in [3.8, 4) is 0 Å². The zero-order chi connectivity index (χ0) is 19.5. The van der Waals surface area contributed by atoms with Crippen LogP contribution >= 0.6 is 0 Å². The van der Waals surface area contributed by atoms with Crippen molar-refractivity contribution in [2.75, 3.05) is 19.8 Å². The van der Waals surface area contributed by atoms with Crippen LogP contribution < -0.4 is 0 Å². The Hall–Kier alpha value is -1.96. The largest absolute Gasteiger partial charge is 0.466 e. The van der Waals surface area contributed by atoms with Crippen LogP contribution in [0.4, 0.5) is 0 Å². The molecule has 144 valence electrons. The fourth-order valence-corrected chi connectivity index (χ4v) is 2.08. The molecular weight excluding hydrogens is 332 g/mol. The van der Waals surface area contributed by atoms with Crippen LogP contribution in [-0.4, -0.2) is 54.2 Å². The highest BCUT2D eigenvalue weighted by Gasteiger charge is 2.54. The van der Waals surface area contributed by atoms with E-state index in [1.165, 1.54) is 0 Å². The van der Waals surface area contributed by atoms with Crippen molar-refractivity contribution < 1.29 is 38.5 Å². The van der Waals surface area contributed by atoms with Gasteiger partial charge in [0.15, 0.2) is 11.5 Å². The minimum Gasteiger partial charge on any atom is -0.466 e. The van der Waals surface area contributed by atoms with Crippen LogP contribution in [0.3, 0.4) is 0 Å². The molecule has 1 N–H and O–H groups in total. The van der Waals surface area contributed by atoms with Crippen LogP contribution in [0, 0.1) is 5.92 Å². The van der Waals surface area contributed by atoms with Crippen molar-refractivity contribution in [1.29, 1.82) is 0 Å². The number of Topliss-reactive ketones (excluding diaryl/α,β-unsaturated/α-hetero) is 1. The number of hydrogen-bond donors (Lipinski definition) is 1. The second-order valence-electron chi connectivity index (χ2n) is 5.67. The summed E-state index contributed by atoms with van der Waals surface area (Å²) >= 11 is 0. The van der Waals surface area contributed by atoms with Crippen molar-refractivity contribution in [3.05, 3.63) is 0 Å². The monoisotopic (exact) mass is 360 g/mol. The highest BCUT2D eigenvalue weighted by molar-refractivity contribution is 6.05. The number of esters is 3. The number of carbonyl (C=O) groups is 4. The van der Waals surface area contributed by atoms with Gasteiger partial charge in [-0.15, -0.1) is 0 Å². The number of ketones is 1. The van der Waals surface area contributed by atoms with Gasteiger partial charge in [-0.25, -0.2) is 4.79 Å². The second-order valence-corrected chi connectivity index (χ2v) is 5.67. The summed E-state index contributed by atoms with van der Waals surface area (Å²) in [7, 11) is 0. The van der Waals surface area contributed by atoms with Gasteiger partial charge in [-0.05, 0) is 26.2 Å². The molecular formula is C17H28O8. The summed E-state index contributed by atoms with van der Waals surface area (Å²) in [5.41, 5.74) is -2.67. The van der Waals surface area contributed by atoms with Crippen molar-refractivity contribution in [2.45, 2.75) is 59.0 Å². The highest BCUT2D eigenvalue weighted by Crippen LogP contribution is 2.27. The van der Waals surface area contributed by atoms with Gasteiger partial charge in [0.2, 0.25) is 0 Å². The Balaban J connectivity index is 5.61. The van der Waals surface area contributed by atoms with E-state index in [-0.39, 0.29) is 19.8 Å². The van der Waals surface area contributed by atoms with Gasteiger partial charge in [0.1, 0.15) is 5.78 Å². The Morgan fingerprint density at radius 1 is 0.880 bits per heavy atom. The molecule has 0 aromatic carbocycles. The Bertz CT molecular complexity index is 473. The molecule has 0 rings (SSSR count). The lowest BCUT2D eigenvalue weighted by molar-refractivity contribution is -0.187. The van der Waals surface area contributed by atoms with E-state index in [1.807, 2.05) is 0 Å². The molecule has 0 aromatic heterocycles. The van der Waals surface area contributed by atoms with Crippen molar-refractivity contribution in [3.63, 3.8) is 0 Å². The third-order valence-electron chi connectivity index (χ3n) is 3.24. The van der Waals surface area contributed by atoms with Gasteiger partial charge in [0.05, 0.1) is 26.2 Å². The van der Waals surface area contributed by atoms with Crippen LogP contribution in [0.25, 0.3) is 0 Å². The van der Waals surface area contributed by atoms with Crippen molar-refractivity contribution in [1.82, 2.24) is 0 Å². The maximum absolute atomic E-state index is 12.3. The molecule has 0 amide bonds. The van der Waals surface area contributed by atoms with E-state index in [1.54, 1.807) is 20.8 Å². The highest BCUT2D eigenvalue weighted by atomic mass is 16.6. The third-order valence-corrected chi connectivity index (χ3v) is 3.24. The van der Waals surface area contributed by atoms with Gasteiger partial charge in [-0.1, -0.05) is 20.8 Å². The van der Waals surface area contributed by atoms with Gasteiger partial charge >= 0.3 is 17.9 Å². The Morgan fingerprint density at radius 3 is 1.84 bits per heavy atom. The van der Waals surface area contributed by atoms with E-state index in [2.05, 4.69) is 0 Å². The number of carbonyl (C=O) groups excluding carboxylic acids is 4. The van der Waals surface area contributed by atoms with Gasteiger partial charge in [-0.2, -0.15) is 0 Å². The summed E-state index contributed by atoms with van der Waals surface area (Å²) in [6.07, 6.45) is 0.626. The summed E-state index contributed by atoms with van der Waals surface area (Å²) in [6.45, 7) is 6.37. The first kappa shape index (κ1) is 23.0. The molecule has 2 unspecified atom stereocenters. The molecule has 0 saturated heterocycles. The predicted octanol–water partition coefficient (Wildman–Crippen LogP) is 1.17. The maximum atomic E-state index is 12.3. The standard InChI is InChI=1S/C17H28O8/c1-5-8-23-13(19)11-17(22,16(21)25-10-7-3)14(12(4)18)15(20)24-9-6-2/h14,22H,5-11H2,1-4H3. The van der Waals surface area contributed by atoms with E-state index >= 15 is 0 Å². The first-order valence-corrected chi connectivity index (χ1v) is 8.46. The first-order chi connectivity index (χ1) is 11.7. The van der Waals surface area contributed by atoms with Crippen LogP contribution in [0.15, 0.2) is 0 Å². The molecule has 0 aliphatic heterocycles. The molecule has 0 fully saturated rings. The van der Waals surface area contributed by atoms with Crippen molar-refractivity contribution >= 4 is 23.7 Å². The van der Waals surface area contributed by atoms with E-state index in [0.717, 1.165) is 6.92 Å². The molecule has 0 bridgehead atoms. The minimum absolute atomic E-state index is 0.0168. The van der Waals surface area contributed by atoms with Crippen LogP contribution in [-0.2, 0) is 33.4 Å². The maximum Gasteiger partial charge on any atom is 0.340 e. The summed E-state index contributed by atoms with van der Waals surface area (Å²) < 4.78 is 14.7. The average Bonchev–Trinajstić information content (AvgIpc) is 2.55. The zero-order valence-corrected chi connectivity index (χ0v) is 15.3. The molecule has 8 heteroatoms. The molecule has 25 heavy (non-hydrogen) atoms. The van der Waals surface area contributed by atoms with Crippen molar-refractivity contribution in [2.24, 2.45) is 5.92 Å². The summed E-state index contributed by atoms with van der Waals surface area (Å²) in [4.78, 5) is 48.4. The average molecular weight is 360 g/mol. The number of rotatable bonds is 12. The Labute approximate surface area is 147 Å². The second kappa shape index (κ2) is 11.6. The number of ether oxygens (including phenoxy) is 3. The Kier molecular flexibility index (Phi) is 10.7. The molecule has 0 aliphatic rings. The van der Waals surface area contributed by atoms with E-state index < -0.39 is 41.6 Å². The lowest BCUT2D eigenvalue weighted by Gasteiger charge is -2.30. The number of hydrogen-bond acceptors (Lipinski definition) is 8. The third kappa shape index (κ3) is 7.21. The minimum atomic E-state index is -2.67. The SMILES string of the molecule is CCCOC(=O)CC(O)(C(=O)OCCC)C(C(C)=O)C(=O)OCCC. The summed E-state index contributed by atoms with van der Waals surface area (Å²) in [5.74, 6) is -5.88. The smallest absolute Gasteiger partial charge is 0.340 e. The van der Waals surface area contributed by atoms with E-state index in [4.69, 9.17) is 14.2 Å². The first-order valence-electron chi connectivity index (χ1n) is 8.46. The Morgan fingerprint density at radius 2 is 1.36 bits per heavy atom. The molecule has 2 atom stereocenters. The summed E-state index contributed by atoms with van der Waals surface area (Å²) in [5, 5.41) is 10.8. The van der Waals surface area contributed by atoms with Gasteiger partial charge in [0, 0.05) is 0 Å². The topological polar surface area (TPSA) is 116 Å². The van der Waals surface area contributed by atoms with Gasteiger partial charge in [-0.3, -0.25) is 14.4 Å². The number of aliphatic hydroxyl groups is 1. The molecule has 0 saturated carbocycles. The van der Waals surface area contributed by atoms with Gasteiger partial charge in [0.25, 0.3) is 0 Å². The molecule has 0 aliphatic carbocycles. The van der Waals surface area contributed by atoms with E-state index in [0.29, 0.717) is 19.3 Å². The molecule has 8 nitrogen and oxygen atoms in total. The van der Waals surface area contributed by atoms with Gasteiger partial charge < -0.3 is 19.3 Å². The van der Waals surface area contributed by atoms with Crippen LogP contribution in [0.2, 0.25) is 0 Å². The molecule has 0 aromatic rings. The fraction of sp³-hybridized carbons (Fsp3) is 0.765. The lowest BCUT2D eigenvalue weighted by Crippen LogP contribution is -2.55. The predicted molar refractivity (Wildman–Crippen MR) is 87.5 cm³/mol. The summed E-state index contributed by atoms with van der Waals surface area (Å²) in [6, 6.07) is 0. The van der Waals surface area contributed by atoms with Crippen LogP contribution in [0.5, 0.6) is 0 Å².